The molecule has 2 aromatic heterocycles. The van der Waals surface area contributed by atoms with Crippen molar-refractivity contribution in [1.82, 2.24) is 15.2 Å². The van der Waals surface area contributed by atoms with E-state index in [9.17, 15) is 0 Å². The number of nitrogen functional groups attached to an aromatic ring is 1. The number of benzene rings is 1. The molecule has 5 nitrogen and oxygen atoms in total. The van der Waals surface area contributed by atoms with Gasteiger partial charge in [-0.05, 0) is 30.3 Å². The van der Waals surface area contributed by atoms with Crippen LogP contribution in [0.25, 0.3) is 22.0 Å². The Morgan fingerprint density at radius 1 is 1.00 bits per heavy atom. The van der Waals surface area contributed by atoms with Crippen molar-refractivity contribution < 1.29 is 4.74 Å². The van der Waals surface area contributed by atoms with E-state index < -0.39 is 0 Å². The molecule has 0 aliphatic heterocycles. The second kappa shape index (κ2) is 4.53. The molecule has 0 radical (unpaired) electrons. The highest BCUT2D eigenvalue weighted by Gasteiger charge is 2.09. The molecule has 0 aliphatic carbocycles. The van der Waals surface area contributed by atoms with E-state index >= 15 is 0 Å². The van der Waals surface area contributed by atoms with Gasteiger partial charge in [0, 0.05) is 28.7 Å². The lowest BCUT2D eigenvalue weighted by molar-refractivity contribution is 0.415. The van der Waals surface area contributed by atoms with Crippen LogP contribution in [-0.4, -0.2) is 22.3 Å². The lowest BCUT2D eigenvalue weighted by Gasteiger charge is -2.07. The predicted octanol–water partition coefficient (Wildman–Crippen LogP) is 2.28. The average molecular weight is 252 g/mol. The van der Waals surface area contributed by atoms with E-state index in [0.717, 1.165) is 27.8 Å². The Balaban J connectivity index is 2.21. The summed E-state index contributed by atoms with van der Waals surface area (Å²) in [7, 11) is 1.64. The summed E-state index contributed by atoms with van der Waals surface area (Å²) in [4.78, 5) is 4.07. The normalized spacial score (nSPS) is 10.6. The summed E-state index contributed by atoms with van der Waals surface area (Å²) in [5, 5.41) is 9.92. The number of nitrogens with two attached hydrogens (primary N) is 1. The number of ether oxygens (including phenoxy) is 1. The molecule has 5 heteroatoms. The lowest BCUT2D eigenvalue weighted by atomic mass is 10.1. The maximum absolute atomic E-state index is 5.82. The summed E-state index contributed by atoms with van der Waals surface area (Å²) in [5.74, 6) is 1.19. The van der Waals surface area contributed by atoms with Gasteiger partial charge >= 0.3 is 0 Å². The monoisotopic (exact) mass is 252 g/mol. The summed E-state index contributed by atoms with van der Waals surface area (Å²) in [6.07, 6.45) is 3.42. The van der Waals surface area contributed by atoms with Crippen LogP contribution >= 0.6 is 0 Å². The van der Waals surface area contributed by atoms with Crippen molar-refractivity contribution in [2.75, 3.05) is 12.8 Å². The number of anilines is 1. The number of hydrogen-bond acceptors (Lipinski definition) is 5. The Bertz CT molecular complexity index is 725. The predicted molar refractivity (Wildman–Crippen MR) is 73.7 cm³/mol. The summed E-state index contributed by atoms with van der Waals surface area (Å²) >= 11 is 0. The summed E-state index contributed by atoms with van der Waals surface area (Å²) in [5.41, 5.74) is 7.56. The molecule has 3 rings (SSSR count). The smallest absolute Gasteiger partial charge is 0.155 e. The molecule has 0 unspecified atom stereocenters. The topological polar surface area (TPSA) is 73.9 Å². The third-order valence-electron chi connectivity index (χ3n) is 2.97. The fourth-order valence-electron chi connectivity index (χ4n) is 1.98. The first-order valence-corrected chi connectivity index (χ1v) is 5.80. The first-order valence-electron chi connectivity index (χ1n) is 5.80. The van der Waals surface area contributed by atoms with Crippen LogP contribution in [0.5, 0.6) is 5.75 Å². The van der Waals surface area contributed by atoms with Gasteiger partial charge in [0.25, 0.3) is 0 Å². The van der Waals surface area contributed by atoms with Gasteiger partial charge in [-0.25, -0.2) is 0 Å². The van der Waals surface area contributed by atoms with Crippen molar-refractivity contribution in [3.05, 3.63) is 42.7 Å². The van der Waals surface area contributed by atoms with E-state index in [1.807, 2.05) is 30.3 Å². The lowest BCUT2D eigenvalue weighted by Crippen LogP contribution is -1.98. The van der Waals surface area contributed by atoms with Gasteiger partial charge in [0.2, 0.25) is 0 Å². The van der Waals surface area contributed by atoms with Gasteiger partial charge in [-0.2, -0.15) is 0 Å². The molecular weight excluding hydrogens is 240 g/mol. The number of nitrogens with zero attached hydrogens (tertiary/aromatic N) is 3. The zero-order valence-electron chi connectivity index (χ0n) is 10.4. The largest absolute Gasteiger partial charge is 0.497 e. The van der Waals surface area contributed by atoms with Crippen LogP contribution in [0.15, 0.2) is 42.7 Å². The molecule has 0 amide bonds. The first-order chi connectivity index (χ1) is 9.29. The van der Waals surface area contributed by atoms with Gasteiger partial charge < -0.3 is 10.5 Å². The summed E-state index contributed by atoms with van der Waals surface area (Å²) in [6.45, 7) is 0. The van der Waals surface area contributed by atoms with Gasteiger partial charge in [0.05, 0.1) is 7.11 Å². The highest BCUT2D eigenvalue weighted by atomic mass is 16.5. The molecule has 1 aromatic carbocycles. The molecule has 0 fully saturated rings. The third kappa shape index (κ3) is 1.95. The molecular formula is C14H12N4O. The second-order valence-electron chi connectivity index (χ2n) is 4.08. The molecule has 0 saturated heterocycles. The summed E-state index contributed by atoms with van der Waals surface area (Å²) in [6, 6.07) is 9.55. The van der Waals surface area contributed by atoms with Crippen LogP contribution in [0.2, 0.25) is 0 Å². The summed E-state index contributed by atoms with van der Waals surface area (Å²) < 4.78 is 5.15. The van der Waals surface area contributed by atoms with Crippen LogP contribution in [0.3, 0.4) is 0 Å². The van der Waals surface area contributed by atoms with E-state index in [-0.39, 0.29) is 0 Å². The number of hydrogen-bond donors (Lipinski definition) is 1. The molecule has 0 spiro atoms. The quantitative estimate of drug-likeness (QED) is 0.757. The minimum atomic E-state index is 0.389. The molecule has 0 aliphatic rings. The average Bonchev–Trinajstić information content (AvgIpc) is 2.48. The SMILES string of the molecule is COc1ccc(-c2nnc(N)c3cnccc23)cc1. The van der Waals surface area contributed by atoms with Crippen molar-refractivity contribution in [1.29, 1.82) is 0 Å². The van der Waals surface area contributed by atoms with E-state index in [2.05, 4.69) is 15.2 Å². The van der Waals surface area contributed by atoms with Crippen LogP contribution < -0.4 is 10.5 Å². The minimum Gasteiger partial charge on any atom is -0.497 e. The van der Waals surface area contributed by atoms with Crippen LogP contribution in [0.1, 0.15) is 0 Å². The molecule has 0 atom stereocenters. The van der Waals surface area contributed by atoms with Gasteiger partial charge in [-0.15, -0.1) is 10.2 Å². The van der Waals surface area contributed by atoms with Crippen molar-refractivity contribution in [3.8, 4) is 17.0 Å². The first kappa shape index (κ1) is 11.4. The number of fused-ring (bicyclic) bond motifs is 1. The number of pyridine rings is 1. The number of rotatable bonds is 2. The van der Waals surface area contributed by atoms with Crippen LogP contribution in [-0.2, 0) is 0 Å². The number of aromatic nitrogens is 3. The van der Waals surface area contributed by atoms with E-state index in [0.29, 0.717) is 5.82 Å². The maximum Gasteiger partial charge on any atom is 0.155 e. The maximum atomic E-state index is 5.82. The second-order valence-corrected chi connectivity index (χ2v) is 4.08. The zero-order chi connectivity index (χ0) is 13.2. The fraction of sp³-hybridized carbons (Fsp3) is 0.0714. The van der Waals surface area contributed by atoms with Crippen LogP contribution in [0, 0.1) is 0 Å². The molecule has 0 bridgehead atoms. The van der Waals surface area contributed by atoms with Crippen molar-refractivity contribution in [2.45, 2.75) is 0 Å². The van der Waals surface area contributed by atoms with Crippen molar-refractivity contribution >= 4 is 16.6 Å². The Hall–Kier alpha value is -2.69. The van der Waals surface area contributed by atoms with Crippen molar-refractivity contribution in [3.63, 3.8) is 0 Å². The zero-order valence-corrected chi connectivity index (χ0v) is 10.4. The van der Waals surface area contributed by atoms with Gasteiger partial charge in [-0.3, -0.25) is 4.98 Å². The van der Waals surface area contributed by atoms with E-state index in [1.165, 1.54) is 0 Å². The Morgan fingerprint density at radius 3 is 2.53 bits per heavy atom. The van der Waals surface area contributed by atoms with Gasteiger partial charge in [0.1, 0.15) is 11.4 Å². The van der Waals surface area contributed by atoms with Gasteiger partial charge in [0.15, 0.2) is 5.82 Å². The highest BCUT2D eigenvalue weighted by molar-refractivity contribution is 5.98. The van der Waals surface area contributed by atoms with E-state index in [4.69, 9.17) is 10.5 Å². The van der Waals surface area contributed by atoms with E-state index in [1.54, 1.807) is 19.5 Å². The standard InChI is InChI=1S/C14H12N4O/c1-19-10-4-2-9(3-5-10)13-11-6-7-16-8-12(11)14(15)18-17-13/h2-8H,1H3,(H2,15,18). The third-order valence-corrected chi connectivity index (χ3v) is 2.97. The Labute approximate surface area is 110 Å². The highest BCUT2D eigenvalue weighted by Crippen LogP contribution is 2.28. The van der Waals surface area contributed by atoms with Crippen molar-refractivity contribution in [2.24, 2.45) is 0 Å². The molecule has 3 aromatic rings. The number of methoxy groups -OCH3 is 1. The molecule has 94 valence electrons. The molecule has 19 heavy (non-hydrogen) atoms. The van der Waals surface area contributed by atoms with Gasteiger partial charge in [-0.1, -0.05) is 0 Å². The Morgan fingerprint density at radius 2 is 1.79 bits per heavy atom. The molecule has 0 saturated carbocycles. The minimum absolute atomic E-state index is 0.389. The Kier molecular flexibility index (Phi) is 2.72. The molecule has 2 heterocycles. The van der Waals surface area contributed by atoms with Crippen LogP contribution in [0.4, 0.5) is 5.82 Å². The fourth-order valence-corrected chi connectivity index (χ4v) is 1.98. The molecule has 2 N–H and O–H groups in total.